The van der Waals surface area contributed by atoms with Gasteiger partial charge >= 0.3 is 0 Å². The van der Waals surface area contributed by atoms with Crippen LogP contribution in [0.25, 0.3) is 9.88 Å². The molecule has 1 amide bonds. The van der Waals surface area contributed by atoms with E-state index in [1.807, 2.05) is 22.9 Å². The zero-order valence-electron chi connectivity index (χ0n) is 19.1. The van der Waals surface area contributed by atoms with Gasteiger partial charge in [0.15, 0.2) is 0 Å². The SMILES string of the molecule is CN(C)c1nc(NC2CCC(NC(=O)c3csc(-c4cccs4)n3)CC2)nc2c1CCCC2. The van der Waals surface area contributed by atoms with Crippen molar-refractivity contribution in [2.24, 2.45) is 0 Å². The number of hydrogen-bond donors (Lipinski definition) is 2. The molecule has 9 heteroatoms. The summed E-state index contributed by atoms with van der Waals surface area (Å²) >= 11 is 3.17. The molecule has 174 valence electrons. The van der Waals surface area contributed by atoms with Crippen LogP contribution in [-0.4, -0.2) is 47.0 Å². The molecule has 5 rings (SSSR count). The fourth-order valence-electron chi connectivity index (χ4n) is 4.72. The monoisotopic (exact) mass is 482 g/mol. The Morgan fingerprint density at radius 1 is 1.03 bits per heavy atom. The van der Waals surface area contributed by atoms with Crippen LogP contribution < -0.4 is 15.5 Å². The van der Waals surface area contributed by atoms with Crippen LogP contribution >= 0.6 is 22.7 Å². The van der Waals surface area contributed by atoms with Crippen molar-refractivity contribution in [2.75, 3.05) is 24.3 Å². The van der Waals surface area contributed by atoms with E-state index in [0.29, 0.717) is 11.7 Å². The molecule has 0 unspecified atom stereocenters. The molecular formula is C24H30N6OS2. The number of thiazole rings is 1. The number of nitrogens with zero attached hydrogens (tertiary/aromatic N) is 4. The summed E-state index contributed by atoms with van der Waals surface area (Å²) in [5, 5.41) is 11.6. The summed E-state index contributed by atoms with van der Waals surface area (Å²) in [5.41, 5.74) is 3.03. The van der Waals surface area contributed by atoms with Crippen molar-refractivity contribution >= 4 is 40.3 Å². The number of aryl methyl sites for hydroxylation is 1. The van der Waals surface area contributed by atoms with Gasteiger partial charge in [0.05, 0.1) is 10.6 Å². The van der Waals surface area contributed by atoms with E-state index >= 15 is 0 Å². The van der Waals surface area contributed by atoms with Gasteiger partial charge in [-0.2, -0.15) is 4.98 Å². The average Bonchev–Trinajstić information content (AvgIpc) is 3.52. The fourth-order valence-corrected chi connectivity index (χ4v) is 6.34. The molecule has 0 bridgehead atoms. The number of hydrogen-bond acceptors (Lipinski definition) is 8. The number of carbonyl (C=O) groups excluding carboxylic acids is 1. The quantitative estimate of drug-likeness (QED) is 0.527. The Morgan fingerprint density at radius 3 is 2.58 bits per heavy atom. The zero-order valence-corrected chi connectivity index (χ0v) is 20.8. The largest absolute Gasteiger partial charge is 0.362 e. The predicted octanol–water partition coefficient (Wildman–Crippen LogP) is 4.76. The van der Waals surface area contributed by atoms with Crippen LogP contribution in [0.1, 0.15) is 60.3 Å². The standard InChI is InChI=1S/C24H30N6OS2/c1-30(2)21-17-6-3-4-7-18(17)28-24(29-21)26-16-11-9-15(10-12-16)25-22(31)19-14-33-23(27-19)20-8-5-13-32-20/h5,8,13-16H,3-4,6-7,9-12H2,1-2H3,(H,25,31)(H,26,28,29). The highest BCUT2D eigenvalue weighted by molar-refractivity contribution is 7.20. The smallest absolute Gasteiger partial charge is 0.270 e. The van der Waals surface area contributed by atoms with Gasteiger partial charge in [-0.05, 0) is 62.8 Å². The van der Waals surface area contributed by atoms with Crippen LogP contribution in [0.4, 0.5) is 11.8 Å². The molecule has 1 saturated carbocycles. The summed E-state index contributed by atoms with van der Waals surface area (Å²) in [6.45, 7) is 0. The molecule has 7 nitrogen and oxygen atoms in total. The van der Waals surface area contributed by atoms with Crippen LogP contribution in [0, 0.1) is 0 Å². The lowest BCUT2D eigenvalue weighted by molar-refractivity contribution is 0.0922. The predicted molar refractivity (Wildman–Crippen MR) is 136 cm³/mol. The highest BCUT2D eigenvalue weighted by Crippen LogP contribution is 2.30. The first kappa shape index (κ1) is 22.3. The van der Waals surface area contributed by atoms with E-state index in [4.69, 9.17) is 9.97 Å². The van der Waals surface area contributed by atoms with Crippen molar-refractivity contribution in [1.29, 1.82) is 0 Å². The lowest BCUT2D eigenvalue weighted by Gasteiger charge is -2.30. The van der Waals surface area contributed by atoms with Gasteiger partial charge in [0.1, 0.15) is 16.5 Å². The molecule has 3 heterocycles. The van der Waals surface area contributed by atoms with Crippen LogP contribution in [-0.2, 0) is 12.8 Å². The van der Waals surface area contributed by atoms with Gasteiger partial charge in [-0.15, -0.1) is 22.7 Å². The fraction of sp³-hybridized carbons (Fsp3) is 0.500. The maximum atomic E-state index is 12.7. The molecule has 0 atom stereocenters. The van der Waals surface area contributed by atoms with E-state index in [9.17, 15) is 4.79 Å². The number of aromatic nitrogens is 3. The van der Waals surface area contributed by atoms with Crippen molar-refractivity contribution < 1.29 is 4.79 Å². The number of nitrogens with one attached hydrogen (secondary N) is 2. The Balaban J connectivity index is 1.16. The van der Waals surface area contributed by atoms with E-state index < -0.39 is 0 Å². The summed E-state index contributed by atoms with van der Waals surface area (Å²) in [4.78, 5) is 30.1. The van der Waals surface area contributed by atoms with Crippen LogP contribution in [0.2, 0.25) is 0 Å². The Kier molecular flexibility index (Phi) is 6.59. The summed E-state index contributed by atoms with van der Waals surface area (Å²) in [7, 11) is 4.11. The van der Waals surface area contributed by atoms with E-state index in [1.165, 1.54) is 35.4 Å². The molecule has 0 aromatic carbocycles. The number of fused-ring (bicyclic) bond motifs is 1. The topological polar surface area (TPSA) is 83.0 Å². The Labute approximate surface area is 202 Å². The maximum absolute atomic E-state index is 12.7. The number of thiophene rings is 1. The third-order valence-electron chi connectivity index (χ3n) is 6.45. The van der Waals surface area contributed by atoms with Crippen LogP contribution in [0.3, 0.4) is 0 Å². The van der Waals surface area contributed by atoms with Crippen molar-refractivity contribution in [2.45, 2.75) is 63.5 Å². The van der Waals surface area contributed by atoms with E-state index in [1.54, 1.807) is 11.3 Å². The second-order valence-corrected chi connectivity index (χ2v) is 10.9. The Morgan fingerprint density at radius 2 is 1.82 bits per heavy atom. The van der Waals surface area contributed by atoms with E-state index in [-0.39, 0.29) is 11.9 Å². The first-order valence-electron chi connectivity index (χ1n) is 11.7. The molecule has 0 radical (unpaired) electrons. The molecule has 33 heavy (non-hydrogen) atoms. The maximum Gasteiger partial charge on any atom is 0.270 e. The molecule has 1 fully saturated rings. The van der Waals surface area contributed by atoms with Gasteiger partial charge in [-0.3, -0.25) is 4.79 Å². The van der Waals surface area contributed by atoms with Gasteiger partial charge in [-0.25, -0.2) is 9.97 Å². The number of carbonyl (C=O) groups is 1. The molecule has 3 aromatic rings. The number of amides is 1. The van der Waals surface area contributed by atoms with Crippen molar-refractivity contribution in [3.05, 3.63) is 39.8 Å². The summed E-state index contributed by atoms with van der Waals surface area (Å²) in [6, 6.07) is 4.56. The van der Waals surface area contributed by atoms with Crippen LogP contribution in [0.5, 0.6) is 0 Å². The molecule has 2 N–H and O–H groups in total. The Hall–Kier alpha value is -2.52. The van der Waals surface area contributed by atoms with Gasteiger partial charge in [0.25, 0.3) is 5.91 Å². The third kappa shape index (κ3) is 5.04. The second-order valence-electron chi connectivity index (χ2n) is 9.08. The van der Waals surface area contributed by atoms with Gasteiger partial charge in [0, 0.05) is 37.1 Å². The minimum atomic E-state index is -0.0703. The lowest BCUT2D eigenvalue weighted by atomic mass is 9.91. The first-order valence-corrected chi connectivity index (χ1v) is 13.5. The average molecular weight is 483 g/mol. The zero-order chi connectivity index (χ0) is 22.8. The summed E-state index contributed by atoms with van der Waals surface area (Å²) in [5.74, 6) is 1.72. The van der Waals surface area contributed by atoms with E-state index in [2.05, 4.69) is 34.6 Å². The molecule has 0 saturated heterocycles. The summed E-state index contributed by atoms with van der Waals surface area (Å²) < 4.78 is 0. The van der Waals surface area contributed by atoms with Gasteiger partial charge in [-0.1, -0.05) is 6.07 Å². The molecule has 2 aliphatic carbocycles. The third-order valence-corrected chi connectivity index (χ3v) is 8.33. The van der Waals surface area contributed by atoms with Gasteiger partial charge in [0.2, 0.25) is 5.95 Å². The summed E-state index contributed by atoms with van der Waals surface area (Å²) in [6.07, 6.45) is 8.39. The minimum Gasteiger partial charge on any atom is -0.362 e. The number of anilines is 2. The molecule has 0 aliphatic heterocycles. The molecule has 0 spiro atoms. The lowest BCUT2D eigenvalue weighted by Crippen LogP contribution is -2.40. The van der Waals surface area contributed by atoms with Crippen molar-refractivity contribution in [3.63, 3.8) is 0 Å². The van der Waals surface area contributed by atoms with Crippen molar-refractivity contribution in [3.8, 4) is 9.88 Å². The molecule has 3 aromatic heterocycles. The van der Waals surface area contributed by atoms with Crippen LogP contribution in [0.15, 0.2) is 22.9 Å². The van der Waals surface area contributed by atoms with Gasteiger partial charge < -0.3 is 15.5 Å². The second kappa shape index (κ2) is 9.77. The highest BCUT2D eigenvalue weighted by atomic mass is 32.1. The van der Waals surface area contributed by atoms with E-state index in [0.717, 1.165) is 60.2 Å². The molecule has 2 aliphatic rings. The normalized spacial score (nSPS) is 20.2. The highest BCUT2D eigenvalue weighted by Gasteiger charge is 2.25. The molecular weight excluding hydrogens is 452 g/mol. The first-order chi connectivity index (χ1) is 16.1. The number of rotatable bonds is 6. The minimum absolute atomic E-state index is 0.0703. The van der Waals surface area contributed by atoms with Crippen molar-refractivity contribution in [1.82, 2.24) is 20.3 Å². The Bertz CT molecular complexity index is 1100.